The van der Waals surface area contributed by atoms with Crippen LogP contribution in [0.3, 0.4) is 0 Å². The number of piperidine rings is 1. The van der Waals surface area contributed by atoms with Crippen molar-refractivity contribution in [3.8, 4) is 5.69 Å². The molecule has 0 radical (unpaired) electrons. The molecule has 1 aromatic heterocycles. The zero-order valence-electron chi connectivity index (χ0n) is 19.5. The fraction of sp³-hybridized carbons (Fsp3) is 0.286. The maximum Gasteiger partial charge on any atom is 0.224 e. The largest absolute Gasteiger partial charge is 0.355 e. The number of benzene rings is 3. The van der Waals surface area contributed by atoms with Gasteiger partial charge in [-0.15, -0.1) is 0 Å². The Hall–Kier alpha value is -2.67. The van der Waals surface area contributed by atoms with Crippen molar-refractivity contribution in [3.63, 3.8) is 0 Å². The molecule has 0 spiro atoms. The molecule has 1 aliphatic rings. The van der Waals surface area contributed by atoms with Crippen molar-refractivity contribution in [3.05, 3.63) is 93.7 Å². The minimum Gasteiger partial charge on any atom is -0.355 e. The van der Waals surface area contributed by atoms with E-state index in [9.17, 15) is 4.79 Å². The molecule has 5 nitrogen and oxygen atoms in total. The average molecular weight is 552 g/mol. The molecule has 1 saturated heterocycles. The standard InChI is InChI=1S/C28H28BrClN4O/c29-22-6-3-7-24(17-22)34-26-9-2-1-8-25(26)32-27(34)19-33-16-4-5-21(18-33)28(35)31-15-14-20-10-12-23(30)13-11-20/h1-3,6-13,17,21H,4-5,14-16,18-19H2,(H,31,35)/t21-/m1/s1. The van der Waals surface area contributed by atoms with Crippen molar-refractivity contribution in [1.82, 2.24) is 19.8 Å². The molecule has 1 N–H and O–H groups in total. The number of carbonyl (C=O) groups is 1. The summed E-state index contributed by atoms with van der Waals surface area (Å²) in [6.45, 7) is 3.05. The van der Waals surface area contributed by atoms with Crippen LogP contribution in [-0.2, 0) is 17.8 Å². The number of rotatable bonds is 7. The van der Waals surface area contributed by atoms with Crippen LogP contribution < -0.4 is 5.32 Å². The quantitative estimate of drug-likeness (QED) is 0.306. The van der Waals surface area contributed by atoms with Crippen LogP contribution in [0, 0.1) is 5.92 Å². The molecule has 4 aromatic rings. The summed E-state index contributed by atoms with van der Waals surface area (Å²) in [5.74, 6) is 1.13. The second kappa shape index (κ2) is 10.9. The van der Waals surface area contributed by atoms with Gasteiger partial charge in [0.25, 0.3) is 0 Å². The number of para-hydroxylation sites is 2. The summed E-state index contributed by atoms with van der Waals surface area (Å²) in [6.07, 6.45) is 2.73. The second-order valence-corrected chi connectivity index (χ2v) is 10.4. The summed E-state index contributed by atoms with van der Waals surface area (Å²) in [5, 5.41) is 3.87. The molecule has 3 aromatic carbocycles. The summed E-state index contributed by atoms with van der Waals surface area (Å²) < 4.78 is 3.27. The van der Waals surface area contributed by atoms with E-state index in [0.717, 1.165) is 64.4 Å². The number of aromatic nitrogens is 2. The number of hydrogen-bond donors (Lipinski definition) is 1. The summed E-state index contributed by atoms with van der Waals surface area (Å²) in [7, 11) is 0. The Morgan fingerprint density at radius 1 is 1.09 bits per heavy atom. The molecule has 0 saturated carbocycles. The van der Waals surface area contributed by atoms with Gasteiger partial charge in [0, 0.05) is 28.3 Å². The van der Waals surface area contributed by atoms with Crippen LogP contribution in [-0.4, -0.2) is 40.0 Å². The van der Waals surface area contributed by atoms with Crippen molar-refractivity contribution in [2.75, 3.05) is 19.6 Å². The zero-order chi connectivity index (χ0) is 24.2. The first-order valence-corrected chi connectivity index (χ1v) is 13.2. The van der Waals surface area contributed by atoms with E-state index in [1.165, 1.54) is 5.56 Å². The van der Waals surface area contributed by atoms with E-state index >= 15 is 0 Å². The predicted molar refractivity (Wildman–Crippen MR) is 145 cm³/mol. The van der Waals surface area contributed by atoms with Crippen molar-refractivity contribution < 1.29 is 4.79 Å². The van der Waals surface area contributed by atoms with Crippen LogP contribution in [0.15, 0.2) is 77.3 Å². The highest BCUT2D eigenvalue weighted by Gasteiger charge is 2.27. The number of hydrogen-bond acceptors (Lipinski definition) is 3. The number of nitrogens with zero attached hydrogens (tertiary/aromatic N) is 3. The van der Waals surface area contributed by atoms with Crippen LogP contribution in [0.5, 0.6) is 0 Å². The van der Waals surface area contributed by atoms with Gasteiger partial charge in [-0.05, 0) is 73.8 Å². The normalized spacial score (nSPS) is 16.5. The molecule has 2 heterocycles. The van der Waals surface area contributed by atoms with Crippen LogP contribution >= 0.6 is 27.5 Å². The van der Waals surface area contributed by atoms with E-state index < -0.39 is 0 Å². The Labute approximate surface area is 219 Å². The number of fused-ring (bicyclic) bond motifs is 1. The van der Waals surface area contributed by atoms with Gasteiger partial charge < -0.3 is 5.32 Å². The third kappa shape index (κ3) is 5.77. The van der Waals surface area contributed by atoms with Crippen molar-refractivity contribution in [2.24, 2.45) is 5.92 Å². The predicted octanol–water partition coefficient (Wildman–Crippen LogP) is 6.01. The number of amides is 1. The van der Waals surface area contributed by atoms with Gasteiger partial charge in [-0.3, -0.25) is 14.3 Å². The van der Waals surface area contributed by atoms with Crippen molar-refractivity contribution in [2.45, 2.75) is 25.8 Å². The van der Waals surface area contributed by atoms with Gasteiger partial charge in [0.1, 0.15) is 5.82 Å². The van der Waals surface area contributed by atoms with Crippen molar-refractivity contribution >= 4 is 44.5 Å². The lowest BCUT2D eigenvalue weighted by Gasteiger charge is -2.31. The van der Waals surface area contributed by atoms with E-state index in [1.807, 2.05) is 48.5 Å². The van der Waals surface area contributed by atoms with Crippen LogP contribution in [0.4, 0.5) is 0 Å². The van der Waals surface area contributed by atoms with E-state index in [-0.39, 0.29) is 11.8 Å². The number of imidazole rings is 1. The Kier molecular flexibility index (Phi) is 7.51. The van der Waals surface area contributed by atoms with Crippen molar-refractivity contribution in [1.29, 1.82) is 0 Å². The molecule has 0 bridgehead atoms. The second-order valence-electron chi connectivity index (χ2n) is 9.07. The molecule has 7 heteroatoms. The lowest BCUT2D eigenvalue weighted by molar-refractivity contribution is -0.126. The fourth-order valence-electron chi connectivity index (χ4n) is 4.82. The number of carbonyl (C=O) groups excluding carboxylic acids is 1. The smallest absolute Gasteiger partial charge is 0.224 e. The van der Waals surface area contributed by atoms with Gasteiger partial charge >= 0.3 is 0 Å². The Morgan fingerprint density at radius 2 is 1.91 bits per heavy atom. The minimum absolute atomic E-state index is 0.00216. The number of nitrogens with one attached hydrogen (secondary N) is 1. The fourth-order valence-corrected chi connectivity index (χ4v) is 5.34. The molecule has 1 amide bonds. The third-order valence-corrected chi connectivity index (χ3v) is 7.31. The molecular formula is C28H28BrClN4O. The topological polar surface area (TPSA) is 50.2 Å². The Balaban J connectivity index is 1.26. The molecule has 0 aliphatic carbocycles. The lowest BCUT2D eigenvalue weighted by Crippen LogP contribution is -2.43. The number of halogens is 2. The molecule has 5 rings (SSSR count). The summed E-state index contributed by atoms with van der Waals surface area (Å²) >= 11 is 9.56. The maximum atomic E-state index is 12.9. The summed E-state index contributed by atoms with van der Waals surface area (Å²) in [6, 6.07) is 24.3. The highest BCUT2D eigenvalue weighted by atomic mass is 79.9. The molecule has 1 atom stereocenters. The van der Waals surface area contributed by atoms with Crippen LogP contribution in [0.25, 0.3) is 16.7 Å². The lowest BCUT2D eigenvalue weighted by atomic mass is 9.97. The van der Waals surface area contributed by atoms with Gasteiger partial charge in [0.15, 0.2) is 0 Å². The highest BCUT2D eigenvalue weighted by molar-refractivity contribution is 9.10. The van der Waals surface area contributed by atoms with Gasteiger partial charge in [-0.25, -0.2) is 4.98 Å². The van der Waals surface area contributed by atoms with Gasteiger partial charge in [0.05, 0.1) is 23.5 Å². The maximum absolute atomic E-state index is 12.9. The molecule has 1 aliphatic heterocycles. The minimum atomic E-state index is -0.00216. The van der Waals surface area contributed by atoms with Gasteiger partial charge in [0.2, 0.25) is 5.91 Å². The van der Waals surface area contributed by atoms with Crippen LogP contribution in [0.1, 0.15) is 24.2 Å². The van der Waals surface area contributed by atoms with Gasteiger partial charge in [-0.1, -0.05) is 57.9 Å². The molecule has 1 fully saturated rings. The third-order valence-electron chi connectivity index (χ3n) is 6.56. The molecular weight excluding hydrogens is 524 g/mol. The zero-order valence-corrected chi connectivity index (χ0v) is 21.8. The highest BCUT2D eigenvalue weighted by Crippen LogP contribution is 2.26. The first-order chi connectivity index (χ1) is 17.1. The van der Waals surface area contributed by atoms with Gasteiger partial charge in [-0.2, -0.15) is 0 Å². The Bertz CT molecular complexity index is 1320. The average Bonchev–Trinajstić information content (AvgIpc) is 3.23. The monoisotopic (exact) mass is 550 g/mol. The SMILES string of the molecule is O=C(NCCc1ccc(Cl)cc1)[C@@H]1CCCN(Cc2nc3ccccc3n2-c2cccc(Br)c2)C1. The molecule has 180 valence electrons. The van der Waals surface area contributed by atoms with E-state index in [1.54, 1.807) is 0 Å². The summed E-state index contributed by atoms with van der Waals surface area (Å²) in [5.41, 5.74) is 4.33. The Morgan fingerprint density at radius 3 is 2.74 bits per heavy atom. The number of likely N-dealkylation sites (tertiary alicyclic amines) is 1. The van der Waals surface area contributed by atoms with E-state index in [2.05, 4.69) is 55.0 Å². The van der Waals surface area contributed by atoms with E-state index in [4.69, 9.17) is 16.6 Å². The first kappa shape index (κ1) is 24.0. The molecule has 0 unspecified atom stereocenters. The summed E-state index contributed by atoms with van der Waals surface area (Å²) in [4.78, 5) is 20.3. The molecule has 35 heavy (non-hydrogen) atoms. The van der Waals surface area contributed by atoms with E-state index in [0.29, 0.717) is 13.1 Å². The first-order valence-electron chi connectivity index (χ1n) is 12.0. The van der Waals surface area contributed by atoms with Crippen LogP contribution in [0.2, 0.25) is 5.02 Å².